The Balaban J connectivity index is 2.05. The molecular formula is C7H10O3. The van der Waals surface area contributed by atoms with Gasteiger partial charge in [0, 0.05) is 0 Å². The van der Waals surface area contributed by atoms with Crippen molar-refractivity contribution < 1.29 is 14.3 Å². The van der Waals surface area contributed by atoms with Crippen LogP contribution < -0.4 is 0 Å². The van der Waals surface area contributed by atoms with Crippen LogP contribution in [0.5, 0.6) is 0 Å². The SMILES string of the molecule is O=C1OCC2CCC(C2)O1. The monoisotopic (exact) mass is 142 g/mol. The summed E-state index contributed by atoms with van der Waals surface area (Å²) in [5.41, 5.74) is 0. The Hall–Kier alpha value is -0.730. The topological polar surface area (TPSA) is 35.5 Å². The number of carbonyl (C=O) groups excluding carboxylic acids is 1. The van der Waals surface area contributed by atoms with Gasteiger partial charge in [0.05, 0.1) is 6.61 Å². The van der Waals surface area contributed by atoms with Gasteiger partial charge in [-0.25, -0.2) is 4.79 Å². The van der Waals surface area contributed by atoms with Crippen molar-refractivity contribution in [2.45, 2.75) is 25.4 Å². The normalized spacial score (nSPS) is 38.2. The average molecular weight is 142 g/mol. The zero-order chi connectivity index (χ0) is 6.97. The zero-order valence-electron chi connectivity index (χ0n) is 5.71. The predicted molar refractivity (Wildman–Crippen MR) is 33.6 cm³/mol. The van der Waals surface area contributed by atoms with E-state index in [0.717, 1.165) is 19.3 Å². The van der Waals surface area contributed by atoms with E-state index in [-0.39, 0.29) is 6.10 Å². The summed E-state index contributed by atoms with van der Waals surface area (Å²) in [5, 5.41) is 0. The van der Waals surface area contributed by atoms with Crippen LogP contribution in [0, 0.1) is 5.92 Å². The first-order chi connectivity index (χ1) is 4.84. The summed E-state index contributed by atoms with van der Waals surface area (Å²) in [6.45, 7) is 0.565. The van der Waals surface area contributed by atoms with Gasteiger partial charge in [0.1, 0.15) is 6.10 Å². The van der Waals surface area contributed by atoms with Crippen molar-refractivity contribution in [1.82, 2.24) is 0 Å². The van der Waals surface area contributed by atoms with Crippen LogP contribution >= 0.6 is 0 Å². The lowest BCUT2D eigenvalue weighted by molar-refractivity contribution is 0.0345. The minimum atomic E-state index is -0.479. The van der Waals surface area contributed by atoms with Crippen molar-refractivity contribution in [3.05, 3.63) is 0 Å². The molecule has 0 radical (unpaired) electrons. The molecule has 1 aliphatic carbocycles. The van der Waals surface area contributed by atoms with Crippen molar-refractivity contribution in [2.75, 3.05) is 6.61 Å². The fourth-order valence-electron chi connectivity index (χ4n) is 1.64. The van der Waals surface area contributed by atoms with E-state index >= 15 is 0 Å². The first-order valence-corrected chi connectivity index (χ1v) is 3.68. The molecule has 2 atom stereocenters. The molecule has 10 heavy (non-hydrogen) atoms. The number of hydrogen-bond donors (Lipinski definition) is 0. The minimum Gasteiger partial charge on any atom is -0.434 e. The third-order valence-corrected chi connectivity index (χ3v) is 2.19. The summed E-state index contributed by atoms with van der Waals surface area (Å²) in [7, 11) is 0. The van der Waals surface area contributed by atoms with Crippen LogP contribution in [-0.2, 0) is 9.47 Å². The van der Waals surface area contributed by atoms with E-state index < -0.39 is 6.16 Å². The van der Waals surface area contributed by atoms with Crippen LogP contribution in [0.25, 0.3) is 0 Å². The molecule has 2 fully saturated rings. The lowest BCUT2D eigenvalue weighted by Gasteiger charge is -2.08. The number of fused-ring (bicyclic) bond motifs is 2. The van der Waals surface area contributed by atoms with Crippen LogP contribution in [0.1, 0.15) is 19.3 Å². The molecule has 0 amide bonds. The molecule has 0 aromatic carbocycles. The van der Waals surface area contributed by atoms with Crippen molar-refractivity contribution in [3.63, 3.8) is 0 Å². The Morgan fingerprint density at radius 1 is 1.40 bits per heavy atom. The summed E-state index contributed by atoms with van der Waals surface area (Å²) >= 11 is 0. The molecule has 0 aromatic heterocycles. The number of carbonyl (C=O) groups is 1. The lowest BCUT2D eigenvalue weighted by Crippen LogP contribution is -2.14. The summed E-state index contributed by atoms with van der Waals surface area (Å²) in [6, 6.07) is 0. The molecule has 56 valence electrons. The van der Waals surface area contributed by atoms with Gasteiger partial charge in [0.15, 0.2) is 0 Å². The molecular weight excluding hydrogens is 132 g/mol. The van der Waals surface area contributed by atoms with Crippen LogP contribution in [0.4, 0.5) is 4.79 Å². The van der Waals surface area contributed by atoms with Crippen molar-refractivity contribution in [1.29, 1.82) is 0 Å². The third-order valence-electron chi connectivity index (χ3n) is 2.19. The molecule has 0 spiro atoms. The average Bonchev–Trinajstić information content (AvgIpc) is 2.22. The van der Waals surface area contributed by atoms with Crippen molar-refractivity contribution in [2.24, 2.45) is 5.92 Å². The van der Waals surface area contributed by atoms with Crippen molar-refractivity contribution in [3.8, 4) is 0 Å². The summed E-state index contributed by atoms with van der Waals surface area (Å²) in [6.07, 6.45) is 2.86. The quantitative estimate of drug-likeness (QED) is 0.478. The highest BCUT2D eigenvalue weighted by molar-refractivity contribution is 5.60. The summed E-state index contributed by atoms with van der Waals surface area (Å²) < 4.78 is 9.72. The molecule has 0 N–H and O–H groups in total. The van der Waals surface area contributed by atoms with E-state index in [0.29, 0.717) is 12.5 Å². The van der Waals surface area contributed by atoms with Crippen LogP contribution in [-0.4, -0.2) is 18.9 Å². The molecule has 3 nitrogen and oxygen atoms in total. The summed E-state index contributed by atoms with van der Waals surface area (Å²) in [5.74, 6) is 0.566. The van der Waals surface area contributed by atoms with E-state index in [1.54, 1.807) is 0 Å². The van der Waals surface area contributed by atoms with Crippen LogP contribution in [0.2, 0.25) is 0 Å². The Kier molecular flexibility index (Phi) is 1.29. The van der Waals surface area contributed by atoms with Gasteiger partial charge < -0.3 is 9.47 Å². The fourth-order valence-corrected chi connectivity index (χ4v) is 1.64. The summed E-state index contributed by atoms with van der Waals surface area (Å²) in [4.78, 5) is 10.6. The van der Waals surface area contributed by atoms with E-state index in [2.05, 4.69) is 0 Å². The maximum absolute atomic E-state index is 10.6. The number of rotatable bonds is 0. The highest BCUT2D eigenvalue weighted by atomic mass is 16.7. The second kappa shape index (κ2) is 2.15. The lowest BCUT2D eigenvalue weighted by atomic mass is 10.1. The number of ether oxygens (including phenoxy) is 2. The Morgan fingerprint density at radius 3 is 3.20 bits per heavy atom. The molecule has 1 saturated heterocycles. The molecule has 1 aliphatic heterocycles. The van der Waals surface area contributed by atoms with E-state index in [4.69, 9.17) is 9.47 Å². The zero-order valence-corrected chi connectivity index (χ0v) is 5.71. The molecule has 1 saturated carbocycles. The standard InChI is InChI=1S/C7H10O3/c8-7-9-4-5-1-2-6(3-5)10-7/h5-6H,1-4H2. The molecule has 2 unspecified atom stereocenters. The highest BCUT2D eigenvalue weighted by Crippen LogP contribution is 2.30. The van der Waals surface area contributed by atoms with Gasteiger partial charge in [-0.2, -0.15) is 0 Å². The Bertz CT molecular complexity index is 155. The predicted octanol–water partition coefficient (Wildman–Crippen LogP) is 1.32. The smallest absolute Gasteiger partial charge is 0.434 e. The highest BCUT2D eigenvalue weighted by Gasteiger charge is 2.32. The minimum absolute atomic E-state index is 0.153. The first-order valence-electron chi connectivity index (χ1n) is 3.68. The maximum Gasteiger partial charge on any atom is 0.508 e. The molecule has 2 rings (SSSR count). The largest absolute Gasteiger partial charge is 0.508 e. The Labute approximate surface area is 59.3 Å². The second-order valence-electron chi connectivity index (χ2n) is 2.98. The molecule has 1 heterocycles. The van der Waals surface area contributed by atoms with Crippen LogP contribution in [0.15, 0.2) is 0 Å². The fraction of sp³-hybridized carbons (Fsp3) is 0.857. The van der Waals surface area contributed by atoms with Gasteiger partial charge in [-0.15, -0.1) is 0 Å². The second-order valence-corrected chi connectivity index (χ2v) is 2.98. The molecule has 2 aliphatic rings. The van der Waals surface area contributed by atoms with Gasteiger partial charge in [-0.3, -0.25) is 0 Å². The van der Waals surface area contributed by atoms with Gasteiger partial charge >= 0.3 is 6.16 Å². The molecule has 0 aromatic rings. The van der Waals surface area contributed by atoms with E-state index in [1.807, 2.05) is 0 Å². The molecule has 3 heteroatoms. The number of cyclic esters (lactones) is 1. The molecule has 2 bridgehead atoms. The maximum atomic E-state index is 10.6. The van der Waals surface area contributed by atoms with Crippen molar-refractivity contribution >= 4 is 6.16 Å². The van der Waals surface area contributed by atoms with E-state index in [1.165, 1.54) is 0 Å². The van der Waals surface area contributed by atoms with Gasteiger partial charge in [-0.05, 0) is 25.2 Å². The third kappa shape index (κ3) is 0.958. The van der Waals surface area contributed by atoms with Gasteiger partial charge in [0.2, 0.25) is 0 Å². The van der Waals surface area contributed by atoms with Gasteiger partial charge in [-0.1, -0.05) is 0 Å². The van der Waals surface area contributed by atoms with E-state index in [9.17, 15) is 4.79 Å². The first kappa shape index (κ1) is 6.01. The van der Waals surface area contributed by atoms with Crippen LogP contribution in [0.3, 0.4) is 0 Å². The Morgan fingerprint density at radius 2 is 2.30 bits per heavy atom. The van der Waals surface area contributed by atoms with Gasteiger partial charge in [0.25, 0.3) is 0 Å². The number of hydrogen-bond acceptors (Lipinski definition) is 3.